The molecule has 1 aromatic carbocycles. The highest BCUT2D eigenvalue weighted by atomic mass is 35.5. The molecule has 0 atom stereocenters. The van der Waals surface area contributed by atoms with Crippen LogP contribution < -0.4 is 9.47 Å². The predicted octanol–water partition coefficient (Wildman–Crippen LogP) is 3.81. The van der Waals surface area contributed by atoms with E-state index in [0.29, 0.717) is 39.0 Å². The van der Waals surface area contributed by atoms with Crippen LogP contribution in [0, 0.1) is 0 Å². The molecule has 0 spiro atoms. The number of allylic oxidation sites excluding steroid dienone is 2. The van der Waals surface area contributed by atoms with Crippen LogP contribution in [0.15, 0.2) is 48.3 Å². The molecule has 2 aliphatic heterocycles. The Morgan fingerprint density at radius 3 is 2.64 bits per heavy atom. The number of benzene rings is 1. The second-order valence-electron chi connectivity index (χ2n) is 5.75. The maximum Gasteiger partial charge on any atom is 0.737 e. The number of aromatic nitrogens is 1. The Hall–Kier alpha value is -2.54. The van der Waals surface area contributed by atoms with Crippen LogP contribution in [-0.2, 0) is 0 Å². The lowest BCUT2D eigenvalue weighted by atomic mass is 9.86. The fourth-order valence-electron chi connectivity index (χ4n) is 3.35. The topological polar surface area (TPSA) is 26.4 Å². The Labute approximate surface area is 148 Å². The van der Waals surface area contributed by atoms with Gasteiger partial charge in [0.1, 0.15) is 17.7 Å². The molecule has 0 aliphatic carbocycles. The van der Waals surface area contributed by atoms with E-state index in [1.807, 2.05) is 0 Å². The smallest absolute Gasteiger partial charge is 0.496 e. The van der Waals surface area contributed by atoms with Crippen molar-refractivity contribution in [2.75, 3.05) is 14.2 Å². The second kappa shape index (κ2) is 5.49. The first-order valence-electron chi connectivity index (χ1n) is 7.65. The number of hydrogen-bond acceptors (Lipinski definition) is 2. The molecule has 0 fully saturated rings. The van der Waals surface area contributed by atoms with Crippen molar-refractivity contribution < 1.29 is 22.6 Å². The van der Waals surface area contributed by atoms with Gasteiger partial charge in [0.2, 0.25) is 0 Å². The molecule has 0 unspecified atom stereocenters. The van der Waals surface area contributed by atoms with Crippen molar-refractivity contribution in [2.24, 2.45) is 0 Å². The molecule has 3 heterocycles. The van der Waals surface area contributed by atoms with Crippen molar-refractivity contribution in [3.8, 4) is 11.5 Å². The lowest BCUT2D eigenvalue weighted by molar-refractivity contribution is -0.356. The first-order valence-corrected chi connectivity index (χ1v) is 8.02. The van der Waals surface area contributed by atoms with E-state index in [4.69, 9.17) is 21.1 Å². The summed E-state index contributed by atoms with van der Waals surface area (Å²) < 4.78 is 42.4. The van der Waals surface area contributed by atoms with Crippen LogP contribution in [0.2, 0.25) is 5.02 Å². The van der Waals surface area contributed by atoms with Gasteiger partial charge in [-0.1, -0.05) is 11.6 Å². The number of halogens is 3. The molecule has 0 N–H and O–H groups in total. The Morgan fingerprint density at radius 2 is 1.92 bits per heavy atom. The molecule has 25 heavy (non-hydrogen) atoms. The zero-order chi connectivity index (χ0) is 17.8. The van der Waals surface area contributed by atoms with E-state index < -0.39 is 6.97 Å². The number of ether oxygens (including phenoxy) is 2. The molecule has 0 radical (unpaired) electrons. The average molecular weight is 363 g/mol. The summed E-state index contributed by atoms with van der Waals surface area (Å²) >= 11 is 6.18. The summed E-state index contributed by atoms with van der Waals surface area (Å²) in [5.41, 5.74) is 2.10. The van der Waals surface area contributed by atoms with Crippen molar-refractivity contribution in [1.82, 2.24) is 4.48 Å². The van der Waals surface area contributed by atoms with Gasteiger partial charge in [0.05, 0.1) is 24.8 Å². The minimum Gasteiger partial charge on any atom is -0.496 e. The van der Waals surface area contributed by atoms with Gasteiger partial charge < -0.3 is 27.1 Å². The Kier molecular flexibility index (Phi) is 3.51. The summed E-state index contributed by atoms with van der Waals surface area (Å²) in [6.07, 6.45) is 6.05. The van der Waals surface area contributed by atoms with Gasteiger partial charge in [0.15, 0.2) is 5.70 Å². The number of nitrogens with zero attached hydrogens (tertiary/aromatic N) is 2. The Bertz CT molecular complexity index is 979. The van der Waals surface area contributed by atoms with Gasteiger partial charge in [0.25, 0.3) is 0 Å². The summed E-state index contributed by atoms with van der Waals surface area (Å²) in [5, 5.41) is 0.389. The summed E-state index contributed by atoms with van der Waals surface area (Å²) in [7, 11) is 3.02. The van der Waals surface area contributed by atoms with Crippen LogP contribution in [0.4, 0.5) is 8.63 Å². The van der Waals surface area contributed by atoms with Crippen molar-refractivity contribution in [2.45, 2.75) is 0 Å². The van der Waals surface area contributed by atoms with Gasteiger partial charge in [-0.25, -0.2) is 0 Å². The quantitative estimate of drug-likeness (QED) is 0.776. The van der Waals surface area contributed by atoms with Gasteiger partial charge >= 0.3 is 6.97 Å². The largest absolute Gasteiger partial charge is 0.737 e. The molecule has 0 saturated carbocycles. The van der Waals surface area contributed by atoms with E-state index in [1.165, 1.54) is 26.6 Å². The molecule has 0 saturated heterocycles. The summed E-state index contributed by atoms with van der Waals surface area (Å²) in [6.45, 7) is -3.94. The highest BCUT2D eigenvalue weighted by Gasteiger charge is 2.51. The van der Waals surface area contributed by atoms with E-state index >= 15 is 0 Å². The molecular weight excluding hydrogens is 348 g/mol. The highest BCUT2D eigenvalue weighted by molar-refractivity contribution is 6.57. The molecule has 4 rings (SSSR count). The van der Waals surface area contributed by atoms with Crippen LogP contribution in [0.25, 0.3) is 5.57 Å². The van der Waals surface area contributed by atoms with Crippen LogP contribution >= 0.6 is 11.6 Å². The first kappa shape index (κ1) is 16.0. The molecule has 2 aromatic rings. The van der Waals surface area contributed by atoms with Gasteiger partial charge in [-0.2, -0.15) is 0 Å². The lowest BCUT2D eigenvalue weighted by Gasteiger charge is -2.31. The van der Waals surface area contributed by atoms with E-state index in [9.17, 15) is 8.63 Å². The maximum absolute atomic E-state index is 14.8. The SMILES string of the molecule is COc1cc(C2=C3C=CC=[N+]3[B-](F)(F)n3cccc32)c(OC)cc1Cl. The highest BCUT2D eigenvalue weighted by Crippen LogP contribution is 2.44. The molecule has 8 heteroatoms. The van der Waals surface area contributed by atoms with E-state index in [-0.39, 0.29) is 0 Å². The molecular formula is C17H14BClF2N2O2. The van der Waals surface area contributed by atoms with Gasteiger partial charge in [-0.3, -0.25) is 0 Å². The van der Waals surface area contributed by atoms with Crippen molar-refractivity contribution in [3.05, 3.63) is 64.6 Å². The summed E-state index contributed by atoms with van der Waals surface area (Å²) in [4.78, 5) is 0. The van der Waals surface area contributed by atoms with Crippen molar-refractivity contribution in [1.29, 1.82) is 0 Å². The fraction of sp³-hybridized carbons (Fsp3) is 0.118. The van der Waals surface area contributed by atoms with Crippen molar-refractivity contribution in [3.63, 3.8) is 0 Å². The molecule has 4 nitrogen and oxygen atoms in total. The lowest BCUT2D eigenvalue weighted by Crippen LogP contribution is -2.49. The monoisotopic (exact) mass is 362 g/mol. The zero-order valence-electron chi connectivity index (χ0n) is 13.5. The normalized spacial score (nSPS) is 17.2. The van der Waals surface area contributed by atoms with Crippen LogP contribution in [0.3, 0.4) is 0 Å². The third-order valence-corrected chi connectivity index (χ3v) is 4.78. The standard InChI is InChI=1S/C17H14BClF2N2O2/c1-24-15-10-12(19)16(25-2)9-11(15)17-13-5-3-7-22(13)18(20,21)23-8-4-6-14(17)23/h3-10H,1-2H3. The molecule has 2 aliphatic rings. The fourth-order valence-corrected chi connectivity index (χ4v) is 3.58. The zero-order valence-corrected chi connectivity index (χ0v) is 14.3. The predicted molar refractivity (Wildman–Crippen MR) is 93.8 cm³/mol. The van der Waals surface area contributed by atoms with Gasteiger partial charge in [-0.05, 0) is 24.4 Å². The van der Waals surface area contributed by atoms with E-state index in [1.54, 1.807) is 36.4 Å². The third-order valence-electron chi connectivity index (χ3n) is 4.48. The summed E-state index contributed by atoms with van der Waals surface area (Å²) in [5.74, 6) is 0.933. The number of methoxy groups -OCH3 is 2. The number of hydrogen-bond donors (Lipinski definition) is 0. The third kappa shape index (κ3) is 2.15. The number of rotatable bonds is 3. The molecule has 128 valence electrons. The molecule has 0 bridgehead atoms. The van der Waals surface area contributed by atoms with Gasteiger partial charge in [-0.15, -0.1) is 0 Å². The average Bonchev–Trinajstić information content (AvgIpc) is 3.26. The van der Waals surface area contributed by atoms with Gasteiger partial charge in [0, 0.05) is 29.5 Å². The number of fused-ring (bicyclic) bond motifs is 2. The van der Waals surface area contributed by atoms with Crippen LogP contribution in [0.1, 0.15) is 11.3 Å². The van der Waals surface area contributed by atoms with Crippen LogP contribution in [0.5, 0.6) is 11.5 Å². The van der Waals surface area contributed by atoms with E-state index in [2.05, 4.69) is 0 Å². The molecule has 1 aromatic heterocycles. The first-order chi connectivity index (χ1) is 12.0. The Morgan fingerprint density at radius 1 is 1.16 bits per heavy atom. The molecule has 0 amide bonds. The van der Waals surface area contributed by atoms with Crippen molar-refractivity contribution >= 4 is 30.4 Å². The summed E-state index contributed by atoms with van der Waals surface area (Å²) in [6, 6.07) is 6.61. The van der Waals surface area contributed by atoms with Crippen LogP contribution in [-0.4, -0.2) is 36.4 Å². The second-order valence-corrected chi connectivity index (χ2v) is 6.16. The van der Waals surface area contributed by atoms with E-state index in [0.717, 1.165) is 8.96 Å². The Balaban J connectivity index is 2.06. The maximum atomic E-state index is 14.8. The minimum atomic E-state index is -3.94. The minimum absolute atomic E-state index is 0.389.